The van der Waals surface area contributed by atoms with Crippen LogP contribution in [0.15, 0.2) is 42.5 Å². The van der Waals surface area contributed by atoms with E-state index in [1.165, 1.54) is 18.2 Å². The zero-order chi connectivity index (χ0) is 18.5. The first kappa shape index (κ1) is 17.9. The van der Waals surface area contributed by atoms with E-state index < -0.39 is 5.82 Å². The minimum Gasteiger partial charge on any atom is -0.398 e. The Morgan fingerprint density at radius 1 is 1.00 bits per heavy atom. The maximum absolute atomic E-state index is 14.1. The van der Waals surface area contributed by atoms with Gasteiger partial charge in [0.2, 0.25) is 5.91 Å². The summed E-state index contributed by atoms with van der Waals surface area (Å²) in [4.78, 5) is 24.7. The molecule has 0 atom stereocenters. The van der Waals surface area contributed by atoms with E-state index >= 15 is 0 Å². The summed E-state index contributed by atoms with van der Waals surface area (Å²) in [6.07, 6.45) is 4.85. The predicted molar refractivity (Wildman–Crippen MR) is 100 cm³/mol. The quantitative estimate of drug-likeness (QED) is 0.719. The Balaban J connectivity index is 1.72. The maximum Gasteiger partial charge on any atom is 0.257 e. The molecule has 136 valence electrons. The molecule has 0 spiro atoms. The van der Waals surface area contributed by atoms with Gasteiger partial charge in [-0.1, -0.05) is 31.4 Å². The van der Waals surface area contributed by atoms with Crippen molar-refractivity contribution in [1.29, 1.82) is 0 Å². The first-order valence-corrected chi connectivity index (χ1v) is 8.81. The summed E-state index contributed by atoms with van der Waals surface area (Å²) < 4.78 is 14.1. The number of carbonyl (C=O) groups excluding carboxylic acids is 2. The van der Waals surface area contributed by atoms with Crippen molar-refractivity contribution in [2.75, 3.05) is 16.4 Å². The third-order valence-electron chi connectivity index (χ3n) is 4.66. The molecular formula is C20H22FN3O2. The Bertz CT molecular complexity index is 816. The van der Waals surface area contributed by atoms with Crippen LogP contribution in [0.2, 0.25) is 0 Å². The minimum atomic E-state index is -0.536. The molecule has 0 bridgehead atoms. The molecule has 1 saturated carbocycles. The average molecular weight is 355 g/mol. The molecule has 6 heteroatoms. The zero-order valence-corrected chi connectivity index (χ0v) is 14.4. The lowest BCUT2D eigenvalue weighted by atomic mass is 9.88. The minimum absolute atomic E-state index is 0.0689. The van der Waals surface area contributed by atoms with Gasteiger partial charge in [-0.2, -0.15) is 0 Å². The Morgan fingerprint density at radius 2 is 1.73 bits per heavy atom. The van der Waals surface area contributed by atoms with E-state index in [0.29, 0.717) is 16.9 Å². The molecule has 5 nitrogen and oxygen atoms in total. The first-order valence-electron chi connectivity index (χ1n) is 8.81. The van der Waals surface area contributed by atoms with E-state index in [4.69, 9.17) is 5.73 Å². The number of benzene rings is 2. The van der Waals surface area contributed by atoms with Crippen LogP contribution in [0.4, 0.5) is 21.5 Å². The molecular weight excluding hydrogens is 333 g/mol. The standard InChI is InChI=1S/C20H22FN3O2/c21-16-11-10-14(23-20(26)15-8-4-5-9-17(15)22)12-18(16)24-19(25)13-6-2-1-3-7-13/h4-5,8-13H,1-3,6-7,22H2,(H,23,26)(H,24,25). The van der Waals surface area contributed by atoms with Gasteiger partial charge in [0.05, 0.1) is 11.3 Å². The van der Waals surface area contributed by atoms with Crippen LogP contribution in [-0.2, 0) is 4.79 Å². The fourth-order valence-corrected chi connectivity index (χ4v) is 3.20. The second-order valence-electron chi connectivity index (χ2n) is 6.56. The van der Waals surface area contributed by atoms with Crippen LogP contribution >= 0.6 is 0 Å². The van der Waals surface area contributed by atoms with Crippen LogP contribution < -0.4 is 16.4 Å². The van der Waals surface area contributed by atoms with Gasteiger partial charge >= 0.3 is 0 Å². The van der Waals surface area contributed by atoms with Gasteiger partial charge in [0.25, 0.3) is 5.91 Å². The van der Waals surface area contributed by atoms with Gasteiger partial charge in [0, 0.05) is 17.3 Å². The highest BCUT2D eigenvalue weighted by Crippen LogP contribution is 2.27. The highest BCUT2D eigenvalue weighted by Gasteiger charge is 2.22. The average Bonchev–Trinajstić information content (AvgIpc) is 2.65. The van der Waals surface area contributed by atoms with Crippen LogP contribution in [0.25, 0.3) is 0 Å². The van der Waals surface area contributed by atoms with E-state index in [-0.39, 0.29) is 23.4 Å². The number of para-hydroxylation sites is 1. The monoisotopic (exact) mass is 355 g/mol. The molecule has 2 aromatic rings. The van der Waals surface area contributed by atoms with E-state index in [1.54, 1.807) is 24.3 Å². The summed E-state index contributed by atoms with van der Waals surface area (Å²) in [5.74, 6) is -1.17. The SMILES string of the molecule is Nc1ccccc1C(=O)Nc1ccc(F)c(NC(=O)C2CCCCC2)c1. The predicted octanol–water partition coefficient (Wildman–Crippen LogP) is 4.18. The second-order valence-corrected chi connectivity index (χ2v) is 6.56. The van der Waals surface area contributed by atoms with Crippen molar-refractivity contribution in [3.8, 4) is 0 Å². The number of amides is 2. The Hall–Kier alpha value is -2.89. The van der Waals surface area contributed by atoms with Crippen molar-refractivity contribution >= 4 is 28.9 Å². The number of halogens is 1. The van der Waals surface area contributed by atoms with Crippen LogP contribution in [0.5, 0.6) is 0 Å². The van der Waals surface area contributed by atoms with Gasteiger partial charge in [-0.3, -0.25) is 9.59 Å². The molecule has 1 fully saturated rings. The number of anilines is 3. The summed E-state index contributed by atoms with van der Waals surface area (Å²) in [6.45, 7) is 0. The Morgan fingerprint density at radius 3 is 2.46 bits per heavy atom. The molecule has 2 amide bonds. The number of hydrogen-bond donors (Lipinski definition) is 3. The highest BCUT2D eigenvalue weighted by molar-refractivity contribution is 6.08. The van der Waals surface area contributed by atoms with Gasteiger partial charge in [0.15, 0.2) is 0 Å². The van der Waals surface area contributed by atoms with Gasteiger partial charge < -0.3 is 16.4 Å². The summed E-state index contributed by atoms with van der Waals surface area (Å²) >= 11 is 0. The fraction of sp³-hybridized carbons (Fsp3) is 0.300. The summed E-state index contributed by atoms with van der Waals surface area (Å²) in [6, 6.07) is 10.8. The van der Waals surface area contributed by atoms with Crippen LogP contribution in [0, 0.1) is 11.7 Å². The first-order chi connectivity index (χ1) is 12.5. The summed E-state index contributed by atoms with van der Waals surface area (Å²) in [5.41, 5.74) is 6.95. The lowest BCUT2D eigenvalue weighted by Crippen LogP contribution is -2.25. The number of carbonyl (C=O) groups is 2. The van der Waals surface area contributed by atoms with Gasteiger partial charge in [-0.05, 0) is 43.2 Å². The van der Waals surface area contributed by atoms with Gasteiger partial charge in [-0.25, -0.2) is 4.39 Å². The molecule has 4 N–H and O–H groups in total. The molecule has 1 aliphatic carbocycles. The van der Waals surface area contributed by atoms with E-state index in [2.05, 4.69) is 10.6 Å². The molecule has 0 unspecified atom stereocenters. The van der Waals surface area contributed by atoms with E-state index in [0.717, 1.165) is 32.1 Å². The molecule has 0 aliphatic heterocycles. The summed E-state index contributed by atoms with van der Waals surface area (Å²) in [5, 5.41) is 5.34. The number of hydrogen-bond acceptors (Lipinski definition) is 3. The molecule has 26 heavy (non-hydrogen) atoms. The Kier molecular flexibility index (Phi) is 5.51. The zero-order valence-electron chi connectivity index (χ0n) is 14.4. The van der Waals surface area contributed by atoms with Gasteiger partial charge in [0.1, 0.15) is 5.82 Å². The van der Waals surface area contributed by atoms with E-state index in [1.807, 2.05) is 0 Å². The van der Waals surface area contributed by atoms with Crippen molar-refractivity contribution in [3.05, 3.63) is 53.8 Å². The Labute approximate surface area is 151 Å². The van der Waals surface area contributed by atoms with Crippen molar-refractivity contribution < 1.29 is 14.0 Å². The molecule has 0 aromatic heterocycles. The summed E-state index contributed by atoms with van der Waals surface area (Å²) in [7, 11) is 0. The van der Waals surface area contributed by atoms with Gasteiger partial charge in [-0.15, -0.1) is 0 Å². The maximum atomic E-state index is 14.1. The normalized spacial score (nSPS) is 14.7. The molecule has 0 radical (unpaired) electrons. The number of nitrogen functional groups attached to an aromatic ring is 1. The molecule has 0 heterocycles. The topological polar surface area (TPSA) is 84.2 Å². The van der Waals surface area contributed by atoms with Crippen molar-refractivity contribution in [1.82, 2.24) is 0 Å². The second kappa shape index (κ2) is 7.99. The lowest BCUT2D eigenvalue weighted by Gasteiger charge is -2.21. The fourth-order valence-electron chi connectivity index (χ4n) is 3.20. The molecule has 1 aliphatic rings. The van der Waals surface area contributed by atoms with Crippen molar-refractivity contribution in [3.63, 3.8) is 0 Å². The molecule has 0 saturated heterocycles. The number of nitrogens with one attached hydrogen (secondary N) is 2. The lowest BCUT2D eigenvalue weighted by molar-refractivity contribution is -0.120. The van der Waals surface area contributed by atoms with Crippen LogP contribution in [0.1, 0.15) is 42.5 Å². The number of nitrogens with two attached hydrogens (primary N) is 1. The van der Waals surface area contributed by atoms with Crippen molar-refractivity contribution in [2.24, 2.45) is 5.92 Å². The largest absolute Gasteiger partial charge is 0.398 e. The third-order valence-corrected chi connectivity index (χ3v) is 4.66. The smallest absolute Gasteiger partial charge is 0.257 e. The number of rotatable bonds is 4. The van der Waals surface area contributed by atoms with E-state index in [9.17, 15) is 14.0 Å². The highest BCUT2D eigenvalue weighted by atomic mass is 19.1. The van der Waals surface area contributed by atoms with Crippen molar-refractivity contribution in [2.45, 2.75) is 32.1 Å². The molecule has 3 rings (SSSR count). The van der Waals surface area contributed by atoms with Crippen LogP contribution in [-0.4, -0.2) is 11.8 Å². The third kappa shape index (κ3) is 4.20. The molecule has 2 aromatic carbocycles. The van der Waals surface area contributed by atoms with Crippen LogP contribution in [0.3, 0.4) is 0 Å².